The van der Waals surface area contributed by atoms with Gasteiger partial charge in [-0.25, -0.2) is 0 Å². The highest BCUT2D eigenvalue weighted by molar-refractivity contribution is 6.05. The number of piperidine rings is 1. The van der Waals surface area contributed by atoms with Crippen molar-refractivity contribution in [3.8, 4) is 0 Å². The monoisotopic (exact) mass is 329 g/mol. The van der Waals surface area contributed by atoms with Gasteiger partial charge in [-0.15, -0.1) is 0 Å². The molecule has 0 spiro atoms. The number of unbranched alkanes of at least 4 members (excludes halogenated alkanes) is 1. The maximum atomic E-state index is 13.0. The molecule has 130 valence electrons. The summed E-state index contributed by atoms with van der Waals surface area (Å²) in [6, 6.07) is 10.6. The number of carbonyl (C=O) groups is 2. The molecule has 3 rings (SSSR count). The Morgan fingerprint density at radius 2 is 2.04 bits per heavy atom. The minimum Gasteiger partial charge on any atom is -0.468 e. The van der Waals surface area contributed by atoms with Gasteiger partial charge in [0.15, 0.2) is 5.78 Å². The Labute approximate surface area is 144 Å². The van der Waals surface area contributed by atoms with Crippen LogP contribution >= 0.6 is 0 Å². The predicted molar refractivity (Wildman–Crippen MR) is 92.4 cm³/mol. The molecule has 2 fully saturated rings. The minimum atomic E-state index is -0.966. The molecule has 3 atom stereocenters. The lowest BCUT2D eigenvalue weighted by atomic mass is 9.69. The Hall–Kier alpha value is -1.68. The van der Waals surface area contributed by atoms with Crippen molar-refractivity contribution in [2.24, 2.45) is 5.41 Å². The van der Waals surface area contributed by atoms with Gasteiger partial charge >= 0.3 is 5.97 Å². The Bertz CT molecular complexity index is 600. The smallest absolute Gasteiger partial charge is 0.320 e. The first-order chi connectivity index (χ1) is 11.6. The van der Waals surface area contributed by atoms with Crippen LogP contribution in [-0.4, -0.2) is 35.8 Å². The molecule has 2 aliphatic rings. The van der Waals surface area contributed by atoms with Gasteiger partial charge in [-0.1, -0.05) is 50.1 Å². The SMILES string of the molecule is CCCC[C@]1(C(=O)OC)C(=O)C[C@H]2CC[C@H]1N2Cc1ccccc1. The zero-order chi connectivity index (χ0) is 17.2. The van der Waals surface area contributed by atoms with E-state index in [9.17, 15) is 9.59 Å². The summed E-state index contributed by atoms with van der Waals surface area (Å²) >= 11 is 0. The van der Waals surface area contributed by atoms with Crippen LogP contribution in [-0.2, 0) is 20.9 Å². The van der Waals surface area contributed by atoms with Crippen LogP contribution in [0.25, 0.3) is 0 Å². The predicted octanol–water partition coefficient (Wildman–Crippen LogP) is 3.34. The van der Waals surface area contributed by atoms with Gasteiger partial charge in [0.25, 0.3) is 0 Å². The van der Waals surface area contributed by atoms with Gasteiger partial charge in [-0.2, -0.15) is 0 Å². The summed E-state index contributed by atoms with van der Waals surface area (Å²) in [4.78, 5) is 28.1. The molecular weight excluding hydrogens is 302 g/mol. The second kappa shape index (κ2) is 7.06. The van der Waals surface area contributed by atoms with Gasteiger partial charge < -0.3 is 4.74 Å². The maximum Gasteiger partial charge on any atom is 0.320 e. The van der Waals surface area contributed by atoms with Crippen LogP contribution in [0.4, 0.5) is 0 Å². The fourth-order valence-corrected chi connectivity index (χ4v) is 4.60. The van der Waals surface area contributed by atoms with Gasteiger partial charge in [0.05, 0.1) is 7.11 Å². The molecule has 4 heteroatoms. The molecule has 0 N–H and O–H groups in total. The molecular formula is C20H27NO3. The van der Waals surface area contributed by atoms with Crippen molar-refractivity contribution >= 4 is 11.8 Å². The number of methoxy groups -OCH3 is 1. The number of nitrogens with zero attached hydrogens (tertiary/aromatic N) is 1. The average molecular weight is 329 g/mol. The number of fused-ring (bicyclic) bond motifs is 2. The first kappa shape index (κ1) is 17.2. The summed E-state index contributed by atoms with van der Waals surface area (Å²) < 4.78 is 5.12. The molecule has 4 nitrogen and oxygen atoms in total. The van der Waals surface area contributed by atoms with Crippen LogP contribution in [0.5, 0.6) is 0 Å². The van der Waals surface area contributed by atoms with Crippen LogP contribution < -0.4 is 0 Å². The van der Waals surface area contributed by atoms with Crippen molar-refractivity contribution in [2.45, 2.75) is 64.1 Å². The van der Waals surface area contributed by atoms with Crippen molar-refractivity contribution in [3.63, 3.8) is 0 Å². The summed E-state index contributed by atoms with van der Waals surface area (Å²) in [6.07, 6.45) is 4.83. The average Bonchev–Trinajstić information content (AvgIpc) is 2.91. The highest BCUT2D eigenvalue weighted by Gasteiger charge is 2.60. The van der Waals surface area contributed by atoms with Gasteiger partial charge in [-0.05, 0) is 24.8 Å². The molecule has 2 aliphatic heterocycles. The van der Waals surface area contributed by atoms with E-state index in [0.29, 0.717) is 12.8 Å². The molecule has 2 heterocycles. The van der Waals surface area contributed by atoms with E-state index in [4.69, 9.17) is 4.74 Å². The van der Waals surface area contributed by atoms with Crippen LogP contribution in [0.1, 0.15) is 51.0 Å². The van der Waals surface area contributed by atoms with Crippen LogP contribution in [0.15, 0.2) is 30.3 Å². The second-order valence-electron chi connectivity index (χ2n) is 7.10. The molecule has 0 amide bonds. The van der Waals surface area contributed by atoms with Gasteiger partial charge in [0, 0.05) is 25.0 Å². The van der Waals surface area contributed by atoms with Gasteiger partial charge in [-0.3, -0.25) is 14.5 Å². The van der Waals surface area contributed by atoms with Crippen LogP contribution in [0, 0.1) is 5.41 Å². The highest BCUT2D eigenvalue weighted by atomic mass is 16.5. The number of ether oxygens (including phenoxy) is 1. The summed E-state index contributed by atoms with van der Waals surface area (Å²) in [5, 5.41) is 0. The van der Waals surface area contributed by atoms with E-state index in [1.165, 1.54) is 12.7 Å². The third kappa shape index (κ3) is 2.77. The number of hydrogen-bond donors (Lipinski definition) is 0. The topological polar surface area (TPSA) is 46.6 Å². The van der Waals surface area contributed by atoms with Crippen molar-refractivity contribution < 1.29 is 14.3 Å². The Morgan fingerprint density at radius 1 is 1.29 bits per heavy atom. The normalized spacial score (nSPS) is 29.7. The Kier molecular flexibility index (Phi) is 5.04. The molecule has 0 aromatic heterocycles. The largest absolute Gasteiger partial charge is 0.468 e. The number of rotatable bonds is 6. The van der Waals surface area contributed by atoms with Crippen molar-refractivity contribution in [3.05, 3.63) is 35.9 Å². The lowest BCUT2D eigenvalue weighted by Gasteiger charge is -2.45. The number of carbonyl (C=O) groups excluding carboxylic acids is 2. The van der Waals surface area contributed by atoms with E-state index in [2.05, 4.69) is 24.0 Å². The van der Waals surface area contributed by atoms with Crippen molar-refractivity contribution in [1.29, 1.82) is 0 Å². The van der Waals surface area contributed by atoms with E-state index in [0.717, 1.165) is 32.2 Å². The van der Waals surface area contributed by atoms with E-state index >= 15 is 0 Å². The van der Waals surface area contributed by atoms with Gasteiger partial charge in [0.1, 0.15) is 5.41 Å². The van der Waals surface area contributed by atoms with Crippen molar-refractivity contribution in [1.82, 2.24) is 4.90 Å². The van der Waals surface area contributed by atoms with E-state index < -0.39 is 5.41 Å². The molecule has 0 saturated carbocycles. The first-order valence-corrected chi connectivity index (χ1v) is 9.05. The zero-order valence-electron chi connectivity index (χ0n) is 14.7. The maximum absolute atomic E-state index is 13.0. The summed E-state index contributed by atoms with van der Waals surface area (Å²) in [5.74, 6) is -0.232. The number of benzene rings is 1. The minimum absolute atomic E-state index is 0.0250. The third-order valence-electron chi connectivity index (χ3n) is 5.81. The second-order valence-corrected chi connectivity index (χ2v) is 7.10. The summed E-state index contributed by atoms with van der Waals surface area (Å²) in [6.45, 7) is 2.89. The van der Waals surface area contributed by atoms with E-state index in [-0.39, 0.29) is 23.8 Å². The summed E-state index contributed by atoms with van der Waals surface area (Å²) in [7, 11) is 1.41. The highest BCUT2D eigenvalue weighted by Crippen LogP contribution is 2.48. The molecule has 2 bridgehead atoms. The number of esters is 1. The number of ketones is 1. The quantitative estimate of drug-likeness (QED) is 0.593. The van der Waals surface area contributed by atoms with Crippen LogP contribution in [0.2, 0.25) is 0 Å². The first-order valence-electron chi connectivity index (χ1n) is 9.05. The fourth-order valence-electron chi connectivity index (χ4n) is 4.60. The molecule has 1 aromatic carbocycles. The van der Waals surface area contributed by atoms with Crippen LogP contribution in [0.3, 0.4) is 0 Å². The van der Waals surface area contributed by atoms with E-state index in [1.807, 2.05) is 18.2 Å². The zero-order valence-corrected chi connectivity index (χ0v) is 14.7. The standard InChI is InChI=1S/C20H27NO3/c1-3-4-12-20(19(23)24-2)17-11-10-16(13-18(20)22)21(17)14-15-8-6-5-7-9-15/h5-9,16-17H,3-4,10-14H2,1-2H3/t16-,17-,20-/m1/s1. The van der Waals surface area contributed by atoms with Gasteiger partial charge in [0.2, 0.25) is 0 Å². The Balaban J connectivity index is 1.93. The molecule has 24 heavy (non-hydrogen) atoms. The van der Waals surface area contributed by atoms with Crippen molar-refractivity contribution in [2.75, 3.05) is 7.11 Å². The summed E-state index contributed by atoms with van der Waals surface area (Å²) in [5.41, 5.74) is 0.269. The molecule has 0 radical (unpaired) electrons. The molecule has 0 unspecified atom stereocenters. The Morgan fingerprint density at radius 3 is 2.71 bits per heavy atom. The third-order valence-corrected chi connectivity index (χ3v) is 5.81. The lowest BCUT2D eigenvalue weighted by molar-refractivity contribution is -0.167. The molecule has 0 aliphatic carbocycles. The molecule has 1 aromatic rings. The van der Waals surface area contributed by atoms with E-state index in [1.54, 1.807) is 0 Å². The lowest BCUT2D eigenvalue weighted by Crippen LogP contribution is -2.60. The fraction of sp³-hybridized carbons (Fsp3) is 0.600. The molecule has 2 saturated heterocycles. The number of hydrogen-bond acceptors (Lipinski definition) is 4. The number of Topliss-reactive ketones (excluding diaryl/α,β-unsaturated/α-hetero) is 1.